The Morgan fingerprint density at radius 1 is 0.514 bits per heavy atom. The molecule has 0 radical (unpaired) electrons. The number of hydrogen-bond acceptors (Lipinski definition) is 16. The molecule has 0 heterocycles. The molecule has 0 spiro atoms. The van der Waals surface area contributed by atoms with Crippen LogP contribution in [0.4, 0.5) is 0 Å². The number of carboxylic acids is 1. The van der Waals surface area contributed by atoms with Gasteiger partial charge in [0, 0.05) is 19.4 Å². The van der Waals surface area contributed by atoms with Gasteiger partial charge in [-0.15, -0.1) is 0 Å². The Bertz CT molecular complexity index is 2180. The standard InChI is InChI=1S/C44H71N15O15/c1-20(2)33(58-36(67)23(45)18-60)42(73)53-25(12-13-30(46)62)38(69)56-28(17-32(64)65)40(71)55-27(16-31(47)63)39(70)54-26(15-22-9-6-5-7-10-22)41(72)59-34(21(3)4)43(74)52-24(11-8-14-51-44(49)50)37(68)57-29(19-61)35(48)66/h5-7,9-10,20-21,23-29,33-34,60-61H,8,11-19,45H2,1-4H3,(H2,46,62)(H2,47,63)(H2,48,66)(H,52,74)(H,53,73)(H,54,70)(H,55,71)(H,56,69)(H,57,68)(H,58,67)(H,59,72)(H,64,65)(H4,49,50,51)/t23-,24-,25-,26-,27-,28-,29-,33-,34-/m0/s1. The fourth-order valence-electron chi connectivity index (χ4n) is 6.67. The van der Waals surface area contributed by atoms with Crippen LogP contribution in [0.2, 0.25) is 0 Å². The number of benzene rings is 1. The van der Waals surface area contributed by atoms with Crippen LogP contribution < -0.4 is 76.9 Å². The molecule has 0 fully saturated rings. The van der Waals surface area contributed by atoms with Crippen LogP contribution in [-0.4, -0.2) is 166 Å². The van der Waals surface area contributed by atoms with Crippen molar-refractivity contribution in [1.29, 1.82) is 0 Å². The zero-order valence-corrected chi connectivity index (χ0v) is 41.5. The van der Waals surface area contributed by atoms with E-state index in [0.717, 1.165) is 0 Å². The van der Waals surface area contributed by atoms with Gasteiger partial charge in [0.05, 0.1) is 26.1 Å². The van der Waals surface area contributed by atoms with Gasteiger partial charge in [0.2, 0.25) is 65.0 Å². The molecule has 11 amide bonds. The summed E-state index contributed by atoms with van der Waals surface area (Å²) in [6.07, 6.45) is -3.42. The van der Waals surface area contributed by atoms with Gasteiger partial charge in [-0.25, -0.2) is 0 Å². The number of carbonyl (C=O) groups is 12. The van der Waals surface area contributed by atoms with E-state index in [4.69, 9.17) is 34.4 Å². The summed E-state index contributed by atoms with van der Waals surface area (Å²) in [5.74, 6) is -15.1. The van der Waals surface area contributed by atoms with Crippen molar-refractivity contribution in [2.24, 2.45) is 51.2 Å². The van der Waals surface area contributed by atoms with E-state index in [1.807, 2.05) is 0 Å². The first-order valence-corrected chi connectivity index (χ1v) is 23.2. The maximum atomic E-state index is 14.2. The molecule has 0 saturated heterocycles. The lowest BCUT2D eigenvalue weighted by atomic mass is 9.99. The number of aliphatic carboxylic acids is 1. The Labute approximate surface area is 425 Å². The summed E-state index contributed by atoms with van der Waals surface area (Å²) >= 11 is 0. The number of rotatable bonds is 34. The number of hydrogen-bond donors (Lipinski definition) is 17. The number of amides is 11. The largest absolute Gasteiger partial charge is 0.481 e. The minimum absolute atomic E-state index is 0.0170. The molecular weight excluding hydrogens is 979 g/mol. The number of primary amides is 3. The predicted molar refractivity (Wildman–Crippen MR) is 261 cm³/mol. The number of nitrogens with one attached hydrogen (secondary N) is 8. The third kappa shape index (κ3) is 23.5. The van der Waals surface area contributed by atoms with E-state index in [9.17, 15) is 72.9 Å². The Morgan fingerprint density at radius 2 is 0.946 bits per heavy atom. The van der Waals surface area contributed by atoms with Crippen molar-refractivity contribution in [3.63, 3.8) is 0 Å². The summed E-state index contributed by atoms with van der Waals surface area (Å²) in [7, 11) is 0. The van der Waals surface area contributed by atoms with Crippen LogP contribution in [-0.2, 0) is 64.0 Å². The first-order chi connectivity index (χ1) is 34.6. The molecule has 74 heavy (non-hydrogen) atoms. The van der Waals surface area contributed by atoms with Crippen LogP contribution in [0.3, 0.4) is 0 Å². The van der Waals surface area contributed by atoms with Crippen LogP contribution in [0.5, 0.6) is 0 Å². The van der Waals surface area contributed by atoms with Crippen LogP contribution in [0.15, 0.2) is 35.3 Å². The first kappa shape index (κ1) is 64.0. The average molecular weight is 1050 g/mol. The average Bonchev–Trinajstić information content (AvgIpc) is 3.31. The van der Waals surface area contributed by atoms with Crippen molar-refractivity contribution in [2.45, 2.75) is 127 Å². The zero-order chi connectivity index (χ0) is 56.4. The van der Waals surface area contributed by atoms with E-state index in [0.29, 0.717) is 5.56 Å². The second-order valence-electron chi connectivity index (χ2n) is 17.6. The minimum Gasteiger partial charge on any atom is -0.481 e. The highest BCUT2D eigenvalue weighted by molar-refractivity contribution is 6.00. The third-order valence-electron chi connectivity index (χ3n) is 10.7. The summed E-state index contributed by atoms with van der Waals surface area (Å²) < 4.78 is 0. The summed E-state index contributed by atoms with van der Waals surface area (Å²) in [6.45, 7) is 4.49. The maximum absolute atomic E-state index is 14.2. The van der Waals surface area contributed by atoms with Gasteiger partial charge in [-0.05, 0) is 36.7 Å². The highest BCUT2D eigenvalue weighted by Crippen LogP contribution is 2.11. The number of aliphatic imine (C=N–C) groups is 1. The highest BCUT2D eigenvalue weighted by Gasteiger charge is 2.37. The van der Waals surface area contributed by atoms with E-state index in [-0.39, 0.29) is 31.8 Å². The molecule has 0 aromatic heterocycles. The Morgan fingerprint density at radius 3 is 1.38 bits per heavy atom. The molecule has 23 N–H and O–H groups in total. The lowest BCUT2D eigenvalue weighted by molar-refractivity contribution is -0.142. The second-order valence-corrected chi connectivity index (χ2v) is 17.6. The fraction of sp³-hybridized carbons (Fsp3) is 0.568. The van der Waals surface area contributed by atoms with Gasteiger partial charge >= 0.3 is 5.97 Å². The molecule has 0 saturated carbocycles. The van der Waals surface area contributed by atoms with Crippen molar-refractivity contribution < 1.29 is 72.9 Å². The number of nitrogens with zero attached hydrogens (tertiary/aromatic N) is 1. The first-order valence-electron chi connectivity index (χ1n) is 23.2. The van der Waals surface area contributed by atoms with E-state index in [2.05, 4.69) is 47.5 Å². The van der Waals surface area contributed by atoms with Gasteiger partial charge < -0.3 is 92.3 Å². The molecule has 412 valence electrons. The topological polar surface area (TPSA) is 530 Å². The van der Waals surface area contributed by atoms with E-state index in [1.165, 1.54) is 27.7 Å². The summed E-state index contributed by atoms with van der Waals surface area (Å²) in [4.78, 5) is 160. The predicted octanol–water partition coefficient (Wildman–Crippen LogP) is -8.11. The molecule has 0 aliphatic heterocycles. The summed E-state index contributed by atoms with van der Waals surface area (Å²) in [5.41, 5.74) is 32.7. The molecule has 1 aromatic carbocycles. The smallest absolute Gasteiger partial charge is 0.305 e. The summed E-state index contributed by atoms with van der Waals surface area (Å²) in [6, 6.07) is -6.42. The molecule has 0 aliphatic carbocycles. The molecular formula is C44H71N15O15. The van der Waals surface area contributed by atoms with Gasteiger partial charge in [0.25, 0.3) is 0 Å². The molecule has 1 rings (SSSR count). The monoisotopic (exact) mass is 1050 g/mol. The van der Waals surface area contributed by atoms with Gasteiger partial charge in [0.15, 0.2) is 5.96 Å². The van der Waals surface area contributed by atoms with Crippen molar-refractivity contribution in [3.05, 3.63) is 35.9 Å². The van der Waals surface area contributed by atoms with Crippen LogP contribution in [0.25, 0.3) is 0 Å². The number of carbonyl (C=O) groups excluding carboxylic acids is 11. The Balaban J connectivity index is 3.58. The number of aliphatic hydroxyl groups is 2. The lowest BCUT2D eigenvalue weighted by Gasteiger charge is -2.29. The van der Waals surface area contributed by atoms with E-state index in [1.54, 1.807) is 30.3 Å². The molecule has 0 aliphatic rings. The van der Waals surface area contributed by atoms with Gasteiger partial charge in [0.1, 0.15) is 54.4 Å². The second kappa shape index (κ2) is 32.2. The van der Waals surface area contributed by atoms with E-state index < -0.39 is 176 Å². The molecule has 9 atom stereocenters. The molecule has 0 bridgehead atoms. The molecule has 1 aromatic rings. The molecule has 30 nitrogen and oxygen atoms in total. The number of carboxylic acid groups (broad SMARTS) is 1. The zero-order valence-electron chi connectivity index (χ0n) is 41.5. The minimum atomic E-state index is -2.06. The maximum Gasteiger partial charge on any atom is 0.305 e. The van der Waals surface area contributed by atoms with Gasteiger partial charge in [-0.2, -0.15) is 0 Å². The third-order valence-corrected chi connectivity index (χ3v) is 10.7. The van der Waals surface area contributed by atoms with Crippen molar-refractivity contribution in [2.75, 3.05) is 19.8 Å². The van der Waals surface area contributed by atoms with Gasteiger partial charge in [-0.3, -0.25) is 62.5 Å². The Kier molecular flexibility index (Phi) is 27.8. The van der Waals surface area contributed by atoms with E-state index >= 15 is 0 Å². The SMILES string of the molecule is CC(C)[C@H](NC(=O)[C@H](Cc1ccccc1)NC(=O)[C@H](CC(N)=O)NC(=O)[C@H](CC(=O)O)NC(=O)[C@H](CCC(N)=O)NC(=O)[C@@H](NC(=O)[C@@H](N)CO)C(C)C)C(=O)N[C@@H](CCCN=C(N)N)C(=O)N[C@@H](CO)C(N)=O. The lowest BCUT2D eigenvalue weighted by Crippen LogP contribution is -2.62. The fourth-order valence-corrected chi connectivity index (χ4v) is 6.67. The normalized spacial score (nSPS) is 14.6. The van der Waals surface area contributed by atoms with Crippen molar-refractivity contribution in [1.82, 2.24) is 42.5 Å². The number of aliphatic hydroxyl groups excluding tert-OH is 2. The molecule has 30 heteroatoms. The Hall–Kier alpha value is -7.99. The van der Waals surface area contributed by atoms with Crippen molar-refractivity contribution in [3.8, 4) is 0 Å². The van der Waals surface area contributed by atoms with Crippen molar-refractivity contribution >= 4 is 76.9 Å². The van der Waals surface area contributed by atoms with Crippen LogP contribution in [0.1, 0.15) is 71.8 Å². The quantitative estimate of drug-likeness (QED) is 0.0173. The summed E-state index contributed by atoms with van der Waals surface area (Å²) in [5, 5.41) is 47.2. The highest BCUT2D eigenvalue weighted by atomic mass is 16.4. The number of nitrogens with two attached hydrogens (primary N) is 6. The van der Waals surface area contributed by atoms with Crippen LogP contribution in [0, 0.1) is 11.8 Å². The van der Waals surface area contributed by atoms with Gasteiger partial charge in [-0.1, -0.05) is 58.0 Å². The molecule has 0 unspecified atom stereocenters. The number of guanidine groups is 1. The van der Waals surface area contributed by atoms with Crippen LogP contribution >= 0.6 is 0 Å².